The van der Waals surface area contributed by atoms with E-state index in [1.54, 1.807) is 27.9 Å². The Labute approximate surface area is 142 Å². The first kappa shape index (κ1) is 20.0. The molecule has 2 N–H and O–H groups in total. The van der Waals surface area contributed by atoms with Crippen LogP contribution in [0, 0.1) is 13.8 Å². The van der Waals surface area contributed by atoms with Crippen LogP contribution in [0.1, 0.15) is 37.7 Å². The minimum absolute atomic E-state index is 0.196. The molecule has 0 aliphatic carbocycles. The van der Waals surface area contributed by atoms with Gasteiger partial charge in [0.1, 0.15) is 11.6 Å². The van der Waals surface area contributed by atoms with E-state index >= 15 is 0 Å². The molecule has 0 saturated carbocycles. The van der Waals surface area contributed by atoms with Crippen molar-refractivity contribution in [2.24, 2.45) is 0 Å². The molecule has 1 aromatic rings. The molecule has 1 aromatic heterocycles. The first-order chi connectivity index (χ1) is 11.0. The van der Waals surface area contributed by atoms with Crippen LogP contribution in [-0.4, -0.2) is 47.1 Å². The molecule has 1 unspecified atom stereocenters. The number of alkyl carbamates (subject to hydrolysis) is 1. The first-order valence-electron chi connectivity index (χ1n) is 7.92. The van der Waals surface area contributed by atoms with Crippen LogP contribution in [-0.2, 0) is 27.2 Å². The van der Waals surface area contributed by atoms with Gasteiger partial charge in [-0.3, -0.25) is 0 Å². The van der Waals surface area contributed by atoms with E-state index in [1.807, 2.05) is 19.9 Å². The van der Waals surface area contributed by atoms with Gasteiger partial charge >= 0.3 is 12.1 Å². The number of carboxylic acids is 1. The summed E-state index contributed by atoms with van der Waals surface area (Å²) in [6.07, 6.45) is -0.538. The minimum atomic E-state index is -1.09. The molecule has 1 amide bonds. The second-order valence-corrected chi connectivity index (χ2v) is 6.78. The second kappa shape index (κ2) is 8.19. The molecule has 0 aliphatic rings. The largest absolute Gasteiger partial charge is 0.480 e. The Bertz CT molecular complexity index is 587. The molecular formula is C17H28N2O5. The van der Waals surface area contributed by atoms with Crippen LogP contribution in [0.3, 0.4) is 0 Å². The molecule has 1 heterocycles. The summed E-state index contributed by atoms with van der Waals surface area (Å²) in [5.74, 6) is -1.09. The quantitative estimate of drug-likeness (QED) is 0.795. The predicted octanol–water partition coefficient (Wildman–Crippen LogP) is 2.27. The maximum absolute atomic E-state index is 11.8. The highest BCUT2D eigenvalue weighted by Crippen LogP contribution is 2.17. The Morgan fingerprint density at radius 1 is 1.33 bits per heavy atom. The van der Waals surface area contributed by atoms with Gasteiger partial charge in [0.05, 0.1) is 6.61 Å². The summed E-state index contributed by atoms with van der Waals surface area (Å²) >= 11 is 0. The maximum atomic E-state index is 11.8. The zero-order chi connectivity index (χ0) is 18.5. The third-order valence-corrected chi connectivity index (χ3v) is 3.61. The van der Waals surface area contributed by atoms with Crippen LogP contribution in [0.2, 0.25) is 0 Å². The van der Waals surface area contributed by atoms with Gasteiger partial charge in [0.2, 0.25) is 0 Å². The van der Waals surface area contributed by atoms with Crippen LogP contribution in [0.4, 0.5) is 4.79 Å². The summed E-state index contributed by atoms with van der Waals surface area (Å²) in [7, 11) is 1.64. The van der Waals surface area contributed by atoms with E-state index in [9.17, 15) is 14.7 Å². The number of aromatic nitrogens is 1. The van der Waals surface area contributed by atoms with Crippen molar-refractivity contribution in [3.8, 4) is 0 Å². The van der Waals surface area contributed by atoms with Gasteiger partial charge < -0.3 is 24.5 Å². The highest BCUT2D eigenvalue weighted by atomic mass is 16.6. The molecule has 7 nitrogen and oxygen atoms in total. The van der Waals surface area contributed by atoms with E-state index in [0.717, 1.165) is 17.0 Å². The Morgan fingerprint density at radius 2 is 1.96 bits per heavy atom. The third kappa shape index (κ3) is 5.88. The standard InChI is InChI=1S/C17H28N2O5/c1-11-9-13(12(2)19(11)7-8-23-6)10-14(15(20)21)18-16(22)24-17(3,4)5/h9,14H,7-8,10H2,1-6H3,(H,18,22)(H,20,21). The molecule has 1 rings (SSSR count). The highest BCUT2D eigenvalue weighted by Gasteiger charge is 2.25. The zero-order valence-corrected chi connectivity index (χ0v) is 15.3. The summed E-state index contributed by atoms with van der Waals surface area (Å²) in [6, 6.07) is 0.897. The second-order valence-electron chi connectivity index (χ2n) is 6.78. The number of carboxylic acid groups (broad SMARTS) is 1. The van der Waals surface area contributed by atoms with Crippen LogP contribution < -0.4 is 5.32 Å². The number of ether oxygens (including phenoxy) is 2. The van der Waals surface area contributed by atoms with Crippen LogP contribution in [0.5, 0.6) is 0 Å². The molecule has 0 bridgehead atoms. The average Bonchev–Trinajstić information content (AvgIpc) is 2.68. The third-order valence-electron chi connectivity index (χ3n) is 3.61. The van der Waals surface area contributed by atoms with Crippen molar-refractivity contribution in [2.75, 3.05) is 13.7 Å². The van der Waals surface area contributed by atoms with E-state index in [4.69, 9.17) is 9.47 Å². The highest BCUT2D eigenvalue weighted by molar-refractivity contribution is 5.80. The molecule has 0 fully saturated rings. The van der Waals surface area contributed by atoms with Gasteiger partial charge in [-0.25, -0.2) is 9.59 Å². The smallest absolute Gasteiger partial charge is 0.408 e. The lowest BCUT2D eigenvalue weighted by molar-refractivity contribution is -0.139. The number of carbonyl (C=O) groups excluding carboxylic acids is 1. The summed E-state index contributed by atoms with van der Waals surface area (Å²) in [4.78, 5) is 23.3. The van der Waals surface area contributed by atoms with Crippen molar-refractivity contribution in [3.05, 3.63) is 23.0 Å². The van der Waals surface area contributed by atoms with Gasteiger partial charge in [-0.2, -0.15) is 0 Å². The first-order valence-corrected chi connectivity index (χ1v) is 7.92. The molecule has 7 heteroatoms. The van der Waals surface area contributed by atoms with Crippen molar-refractivity contribution >= 4 is 12.1 Å². The fourth-order valence-electron chi connectivity index (χ4n) is 2.48. The number of nitrogens with one attached hydrogen (secondary N) is 1. The van der Waals surface area contributed by atoms with Crippen molar-refractivity contribution in [1.82, 2.24) is 9.88 Å². The van der Waals surface area contributed by atoms with Gasteiger partial charge in [0, 0.05) is 31.5 Å². The van der Waals surface area contributed by atoms with Crippen LogP contribution in [0.15, 0.2) is 6.07 Å². The number of aliphatic carboxylic acids is 1. The number of hydrogen-bond acceptors (Lipinski definition) is 4. The Kier molecular flexibility index (Phi) is 6.83. The molecule has 0 radical (unpaired) electrons. The average molecular weight is 340 g/mol. The van der Waals surface area contributed by atoms with Crippen LogP contribution >= 0.6 is 0 Å². The summed E-state index contributed by atoms with van der Waals surface area (Å²) in [6.45, 7) is 10.4. The fraction of sp³-hybridized carbons (Fsp3) is 0.647. The summed E-state index contributed by atoms with van der Waals surface area (Å²) < 4.78 is 12.3. The number of hydrogen-bond donors (Lipinski definition) is 2. The van der Waals surface area contributed by atoms with Crippen molar-refractivity contribution in [2.45, 2.75) is 59.2 Å². The monoisotopic (exact) mass is 340 g/mol. The molecule has 0 spiro atoms. The van der Waals surface area contributed by atoms with Crippen LogP contribution in [0.25, 0.3) is 0 Å². The van der Waals surface area contributed by atoms with Crippen molar-refractivity contribution in [1.29, 1.82) is 0 Å². The molecule has 136 valence electrons. The van der Waals surface area contributed by atoms with E-state index < -0.39 is 23.7 Å². The topological polar surface area (TPSA) is 89.8 Å². The number of rotatable bonds is 7. The molecule has 0 aliphatic heterocycles. The van der Waals surface area contributed by atoms with Gasteiger partial charge in [-0.1, -0.05) is 0 Å². The van der Waals surface area contributed by atoms with Gasteiger partial charge in [0.25, 0.3) is 0 Å². The minimum Gasteiger partial charge on any atom is -0.480 e. The zero-order valence-electron chi connectivity index (χ0n) is 15.3. The normalized spacial score (nSPS) is 12.8. The molecule has 1 atom stereocenters. The predicted molar refractivity (Wildman–Crippen MR) is 90.3 cm³/mol. The number of amides is 1. The number of methoxy groups -OCH3 is 1. The summed E-state index contributed by atoms with van der Waals surface area (Å²) in [5, 5.41) is 11.8. The van der Waals surface area contributed by atoms with E-state index in [0.29, 0.717) is 13.2 Å². The molecule has 0 aromatic carbocycles. The lowest BCUT2D eigenvalue weighted by atomic mass is 10.1. The maximum Gasteiger partial charge on any atom is 0.408 e. The Morgan fingerprint density at radius 3 is 2.46 bits per heavy atom. The number of nitrogens with zero attached hydrogens (tertiary/aromatic N) is 1. The van der Waals surface area contributed by atoms with Gasteiger partial charge in [0.15, 0.2) is 0 Å². The molecule has 24 heavy (non-hydrogen) atoms. The van der Waals surface area contributed by atoms with Gasteiger partial charge in [-0.05, 0) is 46.2 Å². The van der Waals surface area contributed by atoms with Crippen molar-refractivity contribution < 1.29 is 24.2 Å². The lowest BCUT2D eigenvalue weighted by Gasteiger charge is -2.22. The Hall–Kier alpha value is -2.02. The molecular weight excluding hydrogens is 312 g/mol. The summed E-state index contributed by atoms with van der Waals surface area (Å²) in [5.41, 5.74) is 2.21. The van der Waals surface area contributed by atoms with E-state index in [-0.39, 0.29) is 6.42 Å². The number of carbonyl (C=O) groups is 2. The van der Waals surface area contributed by atoms with E-state index in [1.165, 1.54) is 0 Å². The fourth-order valence-corrected chi connectivity index (χ4v) is 2.48. The lowest BCUT2D eigenvalue weighted by Crippen LogP contribution is -2.44. The number of aryl methyl sites for hydroxylation is 1. The Balaban J connectivity index is 2.86. The van der Waals surface area contributed by atoms with Crippen molar-refractivity contribution in [3.63, 3.8) is 0 Å². The SMILES string of the molecule is COCCn1c(C)cc(CC(NC(=O)OC(C)(C)C)C(=O)O)c1C. The van der Waals surface area contributed by atoms with Gasteiger partial charge in [-0.15, -0.1) is 0 Å². The van der Waals surface area contributed by atoms with E-state index in [2.05, 4.69) is 9.88 Å². The molecule has 0 saturated heterocycles.